The van der Waals surface area contributed by atoms with Crippen LogP contribution in [0.25, 0.3) is 0 Å². The van der Waals surface area contributed by atoms with Crippen LogP contribution in [0.5, 0.6) is 11.5 Å². The molecule has 0 saturated heterocycles. The van der Waals surface area contributed by atoms with E-state index in [1.54, 1.807) is 0 Å². The van der Waals surface area contributed by atoms with Gasteiger partial charge in [0, 0.05) is 0 Å². The van der Waals surface area contributed by atoms with Crippen molar-refractivity contribution in [2.45, 2.75) is 0 Å². The molecule has 0 bridgehead atoms. The third-order valence-electron chi connectivity index (χ3n) is 2.24. The zero-order valence-corrected chi connectivity index (χ0v) is 9.48. The zero-order chi connectivity index (χ0) is 14.0. The third kappa shape index (κ3) is 2.46. The minimum absolute atomic E-state index is 0.0235. The van der Waals surface area contributed by atoms with Gasteiger partial charge >= 0.3 is 5.96 Å². The summed E-state index contributed by atoms with van der Waals surface area (Å²) in [6.45, 7) is -0.0235. The van der Waals surface area contributed by atoms with Crippen LogP contribution in [-0.4, -0.2) is 28.7 Å². The molecular weight excluding hydrogens is 258 g/mol. The first kappa shape index (κ1) is 12.4. The molecule has 0 saturated carbocycles. The van der Waals surface area contributed by atoms with Crippen LogP contribution < -0.4 is 20.9 Å². The fourth-order valence-corrected chi connectivity index (χ4v) is 1.39. The summed E-state index contributed by atoms with van der Waals surface area (Å²) in [5.74, 6) is 0.00146. The Morgan fingerprint density at radius 1 is 1.32 bits per heavy atom. The standard InChI is InChI=1S/C9H9N5O5/c10-9(11)13(15)12-3-5-1-7-8(19-4-18-7)2-6(5)14(16)17/h1-3H,4,10-11H2/b12-3+. The van der Waals surface area contributed by atoms with Crippen LogP contribution >= 0.6 is 0 Å². The molecule has 10 heteroatoms. The SMILES string of the molecule is NC(N)=[N+]([O-])/N=C/c1cc2c(cc1[N+](=O)[O-])OCO2. The van der Waals surface area contributed by atoms with Crippen molar-refractivity contribution >= 4 is 17.9 Å². The van der Waals surface area contributed by atoms with E-state index >= 15 is 0 Å². The van der Waals surface area contributed by atoms with Crippen LogP contribution in [0.15, 0.2) is 17.2 Å². The largest absolute Gasteiger partial charge is 0.722 e. The molecule has 19 heavy (non-hydrogen) atoms. The molecule has 1 heterocycles. The van der Waals surface area contributed by atoms with E-state index in [4.69, 9.17) is 20.9 Å². The molecule has 100 valence electrons. The maximum absolute atomic E-state index is 11.0. The zero-order valence-electron chi connectivity index (χ0n) is 9.48. The predicted octanol–water partition coefficient (Wildman–Crippen LogP) is -0.559. The number of benzene rings is 1. The molecule has 0 unspecified atom stereocenters. The first-order chi connectivity index (χ1) is 8.99. The van der Waals surface area contributed by atoms with E-state index in [9.17, 15) is 15.3 Å². The summed E-state index contributed by atoms with van der Waals surface area (Å²) in [5.41, 5.74) is 9.79. The molecule has 0 atom stereocenters. The van der Waals surface area contributed by atoms with Gasteiger partial charge in [0.2, 0.25) is 6.79 Å². The average molecular weight is 267 g/mol. The first-order valence-corrected chi connectivity index (χ1v) is 4.96. The molecule has 4 N–H and O–H groups in total. The molecule has 0 amide bonds. The summed E-state index contributed by atoms with van der Waals surface area (Å²) >= 11 is 0. The van der Waals surface area contributed by atoms with Gasteiger partial charge in [-0.15, -0.1) is 9.95 Å². The Hall–Kier alpha value is -3.04. The fraction of sp³-hybridized carbons (Fsp3) is 0.111. The highest BCUT2D eigenvalue weighted by Crippen LogP contribution is 2.37. The summed E-state index contributed by atoms with van der Waals surface area (Å²) in [6.07, 6.45) is 0.965. The lowest BCUT2D eigenvalue weighted by atomic mass is 10.1. The molecule has 0 fully saturated rings. The number of nitro benzene ring substituents is 1. The summed E-state index contributed by atoms with van der Waals surface area (Å²) in [5, 5.41) is 25.3. The molecule has 10 nitrogen and oxygen atoms in total. The van der Waals surface area contributed by atoms with Gasteiger partial charge in [-0.3, -0.25) is 21.6 Å². The molecule has 1 aliphatic heterocycles. The van der Waals surface area contributed by atoms with Crippen LogP contribution in [0, 0.1) is 15.3 Å². The number of nitrogens with two attached hydrogens (primary N) is 2. The molecule has 1 aromatic carbocycles. The molecule has 1 aliphatic rings. The third-order valence-corrected chi connectivity index (χ3v) is 2.24. The van der Waals surface area contributed by atoms with Gasteiger partial charge in [0.25, 0.3) is 5.69 Å². The predicted molar refractivity (Wildman–Crippen MR) is 63.8 cm³/mol. The molecular formula is C9H9N5O5. The number of nitro groups is 1. The van der Waals surface area contributed by atoms with E-state index < -0.39 is 10.9 Å². The van der Waals surface area contributed by atoms with E-state index in [1.807, 2.05) is 0 Å². The van der Waals surface area contributed by atoms with Crippen molar-refractivity contribution in [3.05, 3.63) is 33.0 Å². The maximum atomic E-state index is 11.0. The number of hydrogen-bond acceptors (Lipinski definition) is 6. The maximum Gasteiger partial charge on any atom is 0.366 e. The molecule has 2 rings (SSSR count). The first-order valence-electron chi connectivity index (χ1n) is 4.96. The lowest BCUT2D eigenvalue weighted by Crippen LogP contribution is -2.30. The van der Waals surface area contributed by atoms with Crippen molar-refractivity contribution in [3.8, 4) is 11.5 Å². The second kappa shape index (κ2) is 4.68. The van der Waals surface area contributed by atoms with Crippen molar-refractivity contribution in [3.63, 3.8) is 0 Å². The molecule has 0 radical (unpaired) electrons. The van der Waals surface area contributed by atoms with Gasteiger partial charge in [0.05, 0.1) is 22.8 Å². The number of hydrazone groups is 1. The fourth-order valence-electron chi connectivity index (χ4n) is 1.39. The van der Waals surface area contributed by atoms with E-state index in [2.05, 4.69) is 5.10 Å². The number of ether oxygens (including phenoxy) is 2. The van der Waals surface area contributed by atoms with Crippen molar-refractivity contribution < 1.29 is 19.2 Å². The number of hydrogen-bond donors (Lipinski definition) is 2. The van der Waals surface area contributed by atoms with Crippen molar-refractivity contribution in [1.29, 1.82) is 0 Å². The van der Waals surface area contributed by atoms with Gasteiger partial charge in [-0.1, -0.05) is 0 Å². The Morgan fingerprint density at radius 2 is 1.95 bits per heavy atom. The Morgan fingerprint density at radius 3 is 2.53 bits per heavy atom. The number of rotatable bonds is 3. The summed E-state index contributed by atoms with van der Waals surface area (Å²) in [6, 6.07) is 2.53. The minimum atomic E-state index is -0.631. The van der Waals surface area contributed by atoms with Gasteiger partial charge in [-0.25, -0.2) is 0 Å². The Labute approximate surface area is 106 Å². The van der Waals surface area contributed by atoms with Crippen molar-refractivity contribution in [2.24, 2.45) is 16.6 Å². The van der Waals surface area contributed by atoms with Crippen LogP contribution in [0.2, 0.25) is 0 Å². The molecule has 0 spiro atoms. The molecule has 0 aliphatic carbocycles. The Balaban J connectivity index is 2.44. The molecule has 1 aromatic rings. The Bertz CT molecular complexity index is 593. The Kier molecular flexibility index (Phi) is 3.06. The van der Waals surface area contributed by atoms with Crippen LogP contribution in [0.3, 0.4) is 0 Å². The van der Waals surface area contributed by atoms with Gasteiger partial charge < -0.3 is 14.7 Å². The van der Waals surface area contributed by atoms with E-state index in [1.165, 1.54) is 12.1 Å². The second-order valence-electron chi connectivity index (χ2n) is 3.46. The van der Waals surface area contributed by atoms with E-state index in [-0.39, 0.29) is 28.6 Å². The number of nitrogens with zero attached hydrogens (tertiary/aromatic N) is 3. The van der Waals surface area contributed by atoms with Crippen LogP contribution in [0.4, 0.5) is 5.69 Å². The topological polar surface area (TPSA) is 152 Å². The monoisotopic (exact) mass is 267 g/mol. The van der Waals surface area contributed by atoms with E-state index in [0.29, 0.717) is 5.75 Å². The van der Waals surface area contributed by atoms with Gasteiger partial charge in [0.1, 0.15) is 0 Å². The van der Waals surface area contributed by atoms with Crippen molar-refractivity contribution in [1.82, 2.24) is 0 Å². The van der Waals surface area contributed by atoms with Crippen LogP contribution in [0.1, 0.15) is 5.56 Å². The summed E-state index contributed by atoms with van der Waals surface area (Å²) in [7, 11) is 0. The smallest absolute Gasteiger partial charge is 0.366 e. The average Bonchev–Trinajstić information content (AvgIpc) is 2.81. The van der Waals surface area contributed by atoms with E-state index in [0.717, 1.165) is 6.21 Å². The second-order valence-corrected chi connectivity index (χ2v) is 3.46. The number of guanidine groups is 1. The quantitative estimate of drug-likeness (QED) is 0.186. The van der Waals surface area contributed by atoms with Crippen molar-refractivity contribution in [2.75, 3.05) is 6.79 Å². The molecule has 0 aromatic heterocycles. The summed E-state index contributed by atoms with van der Waals surface area (Å²) in [4.78, 5) is 10.2. The lowest BCUT2D eigenvalue weighted by molar-refractivity contribution is -0.464. The highest BCUT2D eigenvalue weighted by Gasteiger charge is 2.22. The highest BCUT2D eigenvalue weighted by molar-refractivity contribution is 5.87. The lowest BCUT2D eigenvalue weighted by Gasteiger charge is -2.03. The van der Waals surface area contributed by atoms with Gasteiger partial charge in [-0.05, 0) is 6.07 Å². The van der Waals surface area contributed by atoms with Gasteiger partial charge in [0.15, 0.2) is 11.5 Å². The van der Waals surface area contributed by atoms with Crippen LogP contribution in [-0.2, 0) is 0 Å². The van der Waals surface area contributed by atoms with Gasteiger partial charge in [-0.2, -0.15) is 0 Å². The minimum Gasteiger partial charge on any atom is -0.722 e. The normalized spacial score (nSPS) is 12.6. The number of fused-ring (bicyclic) bond motifs is 1. The summed E-state index contributed by atoms with van der Waals surface area (Å²) < 4.78 is 10.1. The highest BCUT2D eigenvalue weighted by atomic mass is 16.7.